The van der Waals surface area contributed by atoms with Crippen LogP contribution < -0.4 is 4.90 Å². The Hall–Kier alpha value is -1.02. The van der Waals surface area contributed by atoms with Gasteiger partial charge in [0.25, 0.3) is 0 Å². The minimum absolute atomic E-state index is 1.10. The summed E-state index contributed by atoms with van der Waals surface area (Å²) in [4.78, 5) is 4.49. The molecule has 1 aromatic carbocycles. The van der Waals surface area contributed by atoms with Gasteiger partial charge in [0.2, 0.25) is 0 Å². The van der Waals surface area contributed by atoms with Crippen LogP contribution in [-0.2, 0) is 0 Å². The van der Waals surface area contributed by atoms with Crippen LogP contribution in [-0.4, -0.2) is 39.1 Å². The van der Waals surface area contributed by atoms with Crippen LogP contribution in [0.2, 0.25) is 0 Å². The molecule has 0 unspecified atom stereocenters. The van der Waals surface area contributed by atoms with E-state index in [2.05, 4.69) is 49.1 Å². The van der Waals surface area contributed by atoms with Crippen LogP contribution in [0.1, 0.15) is 6.42 Å². The van der Waals surface area contributed by atoms with E-state index in [1.165, 1.54) is 12.1 Å². The number of anilines is 1. The highest BCUT2D eigenvalue weighted by molar-refractivity contribution is 5.44. The van der Waals surface area contributed by atoms with Gasteiger partial charge in [0.1, 0.15) is 0 Å². The van der Waals surface area contributed by atoms with Crippen molar-refractivity contribution in [3.8, 4) is 0 Å². The molecule has 1 rings (SSSR count). The van der Waals surface area contributed by atoms with Crippen LogP contribution in [0.15, 0.2) is 24.3 Å². The summed E-state index contributed by atoms with van der Waals surface area (Å²) in [7, 11) is 6.35. The Morgan fingerprint density at radius 1 is 1.07 bits per heavy atom. The van der Waals surface area contributed by atoms with Crippen LogP contribution in [0, 0.1) is 6.07 Å². The summed E-state index contributed by atoms with van der Waals surface area (Å²) in [6.07, 6.45) is 1.20. The van der Waals surface area contributed by atoms with Gasteiger partial charge in [-0.1, -0.05) is 12.1 Å². The van der Waals surface area contributed by atoms with Crippen LogP contribution in [0.25, 0.3) is 0 Å². The van der Waals surface area contributed by atoms with Crippen LogP contribution in [0.3, 0.4) is 0 Å². The predicted molar refractivity (Wildman–Crippen MR) is 61.7 cm³/mol. The summed E-state index contributed by atoms with van der Waals surface area (Å²) in [5, 5.41) is 0. The van der Waals surface area contributed by atoms with Gasteiger partial charge >= 0.3 is 0 Å². The summed E-state index contributed by atoms with van der Waals surface area (Å²) >= 11 is 0. The highest BCUT2D eigenvalue weighted by Gasteiger charge is 1.99. The Bertz CT molecular complexity index is 244. The normalized spacial score (nSPS) is 10.6. The molecule has 0 aromatic heterocycles. The van der Waals surface area contributed by atoms with Gasteiger partial charge in [-0.2, -0.15) is 0 Å². The first-order chi connectivity index (χ1) is 6.70. The van der Waals surface area contributed by atoms with E-state index in [1.54, 1.807) is 0 Å². The minimum Gasteiger partial charge on any atom is -0.375 e. The highest BCUT2D eigenvalue weighted by atomic mass is 15.1. The molecule has 0 saturated heterocycles. The minimum atomic E-state index is 1.10. The molecule has 2 nitrogen and oxygen atoms in total. The number of hydrogen-bond donors (Lipinski definition) is 0. The van der Waals surface area contributed by atoms with Crippen molar-refractivity contribution in [1.82, 2.24) is 4.90 Å². The Morgan fingerprint density at radius 3 is 2.29 bits per heavy atom. The highest BCUT2D eigenvalue weighted by Crippen LogP contribution is 2.10. The van der Waals surface area contributed by atoms with Crippen molar-refractivity contribution < 1.29 is 0 Å². The Balaban J connectivity index is 2.32. The van der Waals surface area contributed by atoms with Crippen molar-refractivity contribution in [2.24, 2.45) is 0 Å². The summed E-state index contributed by atoms with van der Waals surface area (Å²) in [6.45, 7) is 2.24. The van der Waals surface area contributed by atoms with E-state index < -0.39 is 0 Å². The number of benzene rings is 1. The maximum atomic E-state index is 3.03. The Kier molecular flexibility index (Phi) is 4.47. The van der Waals surface area contributed by atoms with E-state index >= 15 is 0 Å². The molecule has 1 aromatic rings. The predicted octanol–water partition coefficient (Wildman–Crippen LogP) is 1.87. The van der Waals surface area contributed by atoms with Crippen molar-refractivity contribution in [2.75, 3.05) is 39.1 Å². The monoisotopic (exact) mass is 191 g/mol. The molecule has 14 heavy (non-hydrogen) atoms. The van der Waals surface area contributed by atoms with E-state index in [0.29, 0.717) is 0 Å². The molecular formula is C12H19N2. The lowest BCUT2D eigenvalue weighted by Gasteiger charge is -2.20. The smallest absolute Gasteiger partial charge is 0.0364 e. The van der Waals surface area contributed by atoms with Crippen molar-refractivity contribution in [1.29, 1.82) is 0 Å². The molecule has 0 saturated carbocycles. The van der Waals surface area contributed by atoms with Crippen molar-refractivity contribution in [3.05, 3.63) is 30.3 Å². The molecule has 0 amide bonds. The molecule has 0 heterocycles. The fourth-order valence-corrected chi connectivity index (χ4v) is 1.39. The third-order valence-corrected chi connectivity index (χ3v) is 2.24. The number of rotatable bonds is 5. The zero-order chi connectivity index (χ0) is 10.4. The van der Waals surface area contributed by atoms with Gasteiger partial charge in [-0.05, 0) is 45.3 Å². The molecule has 0 aliphatic rings. The van der Waals surface area contributed by atoms with E-state index in [0.717, 1.165) is 13.1 Å². The number of hydrogen-bond acceptors (Lipinski definition) is 2. The average Bonchev–Trinajstić information content (AvgIpc) is 2.18. The summed E-state index contributed by atoms with van der Waals surface area (Å²) in [6, 6.07) is 11.1. The summed E-state index contributed by atoms with van der Waals surface area (Å²) in [5.74, 6) is 0. The van der Waals surface area contributed by atoms with E-state index in [9.17, 15) is 0 Å². The molecule has 0 fully saturated rings. The van der Waals surface area contributed by atoms with E-state index in [4.69, 9.17) is 0 Å². The van der Waals surface area contributed by atoms with E-state index in [-0.39, 0.29) is 0 Å². The lowest BCUT2D eigenvalue weighted by molar-refractivity contribution is 0.401. The second kappa shape index (κ2) is 5.66. The van der Waals surface area contributed by atoms with Crippen LogP contribution in [0.4, 0.5) is 5.69 Å². The van der Waals surface area contributed by atoms with Gasteiger partial charge in [-0.3, -0.25) is 0 Å². The third kappa shape index (κ3) is 3.79. The first kappa shape index (κ1) is 11.1. The van der Waals surface area contributed by atoms with Gasteiger partial charge in [-0.25, -0.2) is 0 Å². The van der Waals surface area contributed by atoms with Gasteiger partial charge in [0.15, 0.2) is 0 Å². The van der Waals surface area contributed by atoms with Crippen LogP contribution in [0.5, 0.6) is 0 Å². The fourth-order valence-electron chi connectivity index (χ4n) is 1.39. The van der Waals surface area contributed by atoms with Crippen LogP contribution >= 0.6 is 0 Å². The molecule has 77 valence electrons. The SMILES string of the molecule is CN(C)CCCN(C)c1cc[c]cc1. The maximum absolute atomic E-state index is 3.03. The number of nitrogens with zero attached hydrogens (tertiary/aromatic N) is 2. The van der Waals surface area contributed by atoms with Crippen molar-refractivity contribution in [2.45, 2.75) is 6.42 Å². The second-order valence-corrected chi connectivity index (χ2v) is 3.84. The molecule has 2 heteroatoms. The molecule has 0 aliphatic carbocycles. The molecule has 0 atom stereocenters. The van der Waals surface area contributed by atoms with Gasteiger partial charge in [-0.15, -0.1) is 0 Å². The quantitative estimate of drug-likeness (QED) is 0.701. The molecule has 0 bridgehead atoms. The zero-order valence-electron chi connectivity index (χ0n) is 9.33. The van der Waals surface area contributed by atoms with Crippen molar-refractivity contribution >= 4 is 5.69 Å². The first-order valence-corrected chi connectivity index (χ1v) is 5.02. The van der Waals surface area contributed by atoms with Gasteiger partial charge < -0.3 is 9.80 Å². The van der Waals surface area contributed by atoms with Gasteiger partial charge in [0.05, 0.1) is 0 Å². The molecular weight excluding hydrogens is 172 g/mol. The molecule has 0 spiro atoms. The molecule has 0 aliphatic heterocycles. The third-order valence-electron chi connectivity index (χ3n) is 2.24. The second-order valence-electron chi connectivity index (χ2n) is 3.84. The lowest BCUT2D eigenvalue weighted by atomic mass is 10.3. The largest absolute Gasteiger partial charge is 0.375 e. The van der Waals surface area contributed by atoms with E-state index in [1.807, 2.05) is 12.1 Å². The first-order valence-electron chi connectivity index (χ1n) is 5.02. The Morgan fingerprint density at radius 2 is 1.71 bits per heavy atom. The molecule has 1 radical (unpaired) electrons. The van der Waals surface area contributed by atoms with Crippen molar-refractivity contribution in [3.63, 3.8) is 0 Å². The molecule has 0 N–H and O–H groups in total. The maximum Gasteiger partial charge on any atom is 0.0364 e. The standard InChI is InChI=1S/C12H19N2/c1-13(2)10-7-11-14(3)12-8-5-4-6-9-12/h5-6,8-9H,7,10-11H2,1-3H3. The van der Waals surface area contributed by atoms with Gasteiger partial charge in [0, 0.05) is 19.3 Å². The lowest BCUT2D eigenvalue weighted by Crippen LogP contribution is -2.23. The topological polar surface area (TPSA) is 6.48 Å². The summed E-state index contributed by atoms with van der Waals surface area (Å²) in [5.41, 5.74) is 1.27. The average molecular weight is 191 g/mol. The Labute approximate surface area is 87.1 Å². The zero-order valence-corrected chi connectivity index (χ0v) is 9.33. The fraction of sp³-hybridized carbons (Fsp3) is 0.500. The summed E-state index contributed by atoms with van der Waals surface area (Å²) < 4.78 is 0.